The van der Waals surface area contributed by atoms with Crippen molar-refractivity contribution in [3.63, 3.8) is 0 Å². The van der Waals surface area contributed by atoms with Gasteiger partial charge >= 0.3 is 5.97 Å². The third-order valence-electron chi connectivity index (χ3n) is 3.53. The van der Waals surface area contributed by atoms with E-state index in [1.165, 1.54) is 0 Å². The van der Waals surface area contributed by atoms with Gasteiger partial charge in [0.1, 0.15) is 0 Å². The summed E-state index contributed by atoms with van der Waals surface area (Å²) in [6, 6.07) is 9.37. The second kappa shape index (κ2) is 7.09. The highest BCUT2D eigenvalue weighted by Crippen LogP contribution is 2.17. The molecule has 0 amide bonds. The maximum atomic E-state index is 12.7. The quantitative estimate of drug-likeness (QED) is 0.629. The van der Waals surface area contributed by atoms with Crippen molar-refractivity contribution in [1.29, 1.82) is 0 Å². The van der Waals surface area contributed by atoms with Crippen LogP contribution < -0.4 is 5.56 Å². The van der Waals surface area contributed by atoms with Gasteiger partial charge in [0, 0.05) is 12.8 Å². The number of carbonyl (C=O) groups is 1. The van der Waals surface area contributed by atoms with Crippen molar-refractivity contribution in [1.82, 2.24) is 9.36 Å². The normalized spacial score (nSPS) is 11.6. The molecule has 0 unspecified atom stereocenters. The molecule has 1 heterocycles. The van der Waals surface area contributed by atoms with E-state index in [-0.39, 0.29) is 17.9 Å². The number of esters is 1. The van der Waals surface area contributed by atoms with E-state index in [1.807, 2.05) is 44.3 Å². The van der Waals surface area contributed by atoms with E-state index >= 15 is 0 Å². The van der Waals surface area contributed by atoms with E-state index in [9.17, 15) is 9.59 Å². The van der Waals surface area contributed by atoms with Gasteiger partial charge in [-0.05, 0) is 32.9 Å². The van der Waals surface area contributed by atoms with E-state index in [4.69, 9.17) is 4.74 Å². The number of hydrogen-bond donors (Lipinski definition) is 0. The van der Waals surface area contributed by atoms with Crippen molar-refractivity contribution >= 4 is 17.4 Å². The summed E-state index contributed by atoms with van der Waals surface area (Å²) in [5.74, 6) is -0.342. The van der Waals surface area contributed by atoms with E-state index < -0.39 is 0 Å². The Morgan fingerprint density at radius 1 is 1.26 bits per heavy atom. The molecule has 0 bridgehead atoms. The zero-order valence-corrected chi connectivity index (χ0v) is 13.9. The number of carbonyl (C=O) groups excluding carboxylic acids is 1. The fraction of sp³-hybridized carbons (Fsp3) is 0.353. The molecule has 122 valence electrons. The Morgan fingerprint density at radius 2 is 1.91 bits per heavy atom. The number of aromatic nitrogens is 2. The molecule has 0 radical (unpaired) electrons. The lowest BCUT2D eigenvalue weighted by atomic mass is 10.3. The van der Waals surface area contributed by atoms with Crippen LogP contribution in [-0.2, 0) is 16.6 Å². The van der Waals surface area contributed by atoms with Gasteiger partial charge in [-0.3, -0.25) is 14.3 Å². The number of aliphatic imine (C=N–C) groups is 1. The molecule has 0 spiro atoms. The molecular weight excluding hydrogens is 294 g/mol. The number of nitrogens with zero attached hydrogens (tertiary/aromatic N) is 3. The van der Waals surface area contributed by atoms with Gasteiger partial charge in [0.25, 0.3) is 5.56 Å². The monoisotopic (exact) mass is 315 g/mol. The van der Waals surface area contributed by atoms with Crippen molar-refractivity contribution in [2.45, 2.75) is 27.2 Å². The lowest BCUT2D eigenvalue weighted by Gasteiger charge is -2.07. The third kappa shape index (κ3) is 3.59. The van der Waals surface area contributed by atoms with Gasteiger partial charge in [-0.2, -0.15) is 0 Å². The van der Waals surface area contributed by atoms with E-state index in [1.54, 1.807) is 23.2 Å². The van der Waals surface area contributed by atoms with Gasteiger partial charge in [0.15, 0.2) is 5.69 Å². The van der Waals surface area contributed by atoms with Crippen LogP contribution in [0.2, 0.25) is 0 Å². The molecule has 2 rings (SSSR count). The van der Waals surface area contributed by atoms with E-state index in [0.29, 0.717) is 18.0 Å². The fourth-order valence-electron chi connectivity index (χ4n) is 2.33. The van der Waals surface area contributed by atoms with Gasteiger partial charge < -0.3 is 4.74 Å². The van der Waals surface area contributed by atoms with Crippen molar-refractivity contribution in [2.75, 3.05) is 6.61 Å². The molecule has 0 fully saturated rings. The summed E-state index contributed by atoms with van der Waals surface area (Å²) >= 11 is 0. The largest absolute Gasteiger partial charge is 0.466 e. The number of hydrogen-bond acceptors (Lipinski definition) is 4. The summed E-state index contributed by atoms with van der Waals surface area (Å²) in [5, 5.41) is 0. The molecule has 6 nitrogen and oxygen atoms in total. The van der Waals surface area contributed by atoms with Gasteiger partial charge in [0.2, 0.25) is 0 Å². The zero-order valence-electron chi connectivity index (χ0n) is 13.9. The smallest absolute Gasteiger partial charge is 0.311 e. The molecule has 0 atom stereocenters. The zero-order chi connectivity index (χ0) is 17.0. The summed E-state index contributed by atoms with van der Waals surface area (Å²) in [6.07, 6.45) is 0.0763. The second-order valence-electron chi connectivity index (χ2n) is 5.24. The van der Waals surface area contributed by atoms with Crippen molar-refractivity contribution in [3.8, 4) is 5.69 Å². The summed E-state index contributed by atoms with van der Waals surface area (Å²) in [7, 11) is 1.81. The molecule has 1 aromatic heterocycles. The van der Waals surface area contributed by atoms with Crippen molar-refractivity contribution in [3.05, 3.63) is 46.4 Å². The molecule has 0 saturated carbocycles. The molecule has 6 heteroatoms. The summed E-state index contributed by atoms with van der Waals surface area (Å²) in [5.41, 5.74) is 2.20. The number of benzene rings is 1. The number of ether oxygens (including phenoxy) is 1. The molecule has 23 heavy (non-hydrogen) atoms. The highest BCUT2D eigenvalue weighted by atomic mass is 16.5. The first-order valence-electron chi connectivity index (χ1n) is 7.49. The van der Waals surface area contributed by atoms with Gasteiger partial charge in [-0.25, -0.2) is 9.67 Å². The average Bonchev–Trinajstić information content (AvgIpc) is 2.72. The van der Waals surface area contributed by atoms with Gasteiger partial charge in [-0.15, -0.1) is 0 Å². The molecule has 0 aliphatic rings. The molecule has 0 aliphatic carbocycles. The van der Waals surface area contributed by atoms with Crippen LogP contribution in [0.4, 0.5) is 5.69 Å². The van der Waals surface area contributed by atoms with Gasteiger partial charge in [0.05, 0.1) is 24.4 Å². The van der Waals surface area contributed by atoms with Crippen LogP contribution >= 0.6 is 0 Å². The lowest BCUT2D eigenvalue weighted by molar-refractivity contribution is -0.141. The Bertz CT molecular complexity index is 785. The Kier molecular flexibility index (Phi) is 5.16. The molecule has 0 N–H and O–H groups in total. The summed E-state index contributed by atoms with van der Waals surface area (Å²) in [4.78, 5) is 28.5. The molecule has 0 saturated heterocycles. The van der Waals surface area contributed by atoms with Crippen LogP contribution in [0.15, 0.2) is 40.1 Å². The first-order chi connectivity index (χ1) is 11.0. The van der Waals surface area contributed by atoms with Crippen LogP contribution in [-0.4, -0.2) is 27.7 Å². The predicted molar refractivity (Wildman–Crippen MR) is 89.8 cm³/mol. The average molecular weight is 315 g/mol. The topological polar surface area (TPSA) is 65.6 Å². The standard InChI is InChI=1S/C17H21N3O3/c1-5-23-15(21)11-12(2)18-16-13(3)19(4)20(17(16)22)14-9-7-6-8-10-14/h6-10H,5,11H2,1-4H3. The molecule has 2 aromatic rings. The highest BCUT2D eigenvalue weighted by molar-refractivity contribution is 5.98. The SMILES string of the molecule is CCOC(=O)CC(C)=Nc1c(C)n(C)n(-c2ccccc2)c1=O. The lowest BCUT2D eigenvalue weighted by Crippen LogP contribution is -2.19. The summed E-state index contributed by atoms with van der Waals surface area (Å²) in [6.45, 7) is 5.63. The molecule has 0 aliphatic heterocycles. The minimum Gasteiger partial charge on any atom is -0.466 e. The van der Waals surface area contributed by atoms with Crippen molar-refractivity contribution < 1.29 is 9.53 Å². The third-order valence-corrected chi connectivity index (χ3v) is 3.53. The second-order valence-corrected chi connectivity index (χ2v) is 5.24. The predicted octanol–water partition coefficient (Wildman–Crippen LogP) is 2.53. The maximum absolute atomic E-state index is 12.7. The van der Waals surface area contributed by atoms with Crippen LogP contribution in [0.3, 0.4) is 0 Å². The minimum atomic E-state index is -0.342. The minimum absolute atomic E-state index is 0.0763. The first-order valence-corrected chi connectivity index (χ1v) is 7.49. The summed E-state index contributed by atoms with van der Waals surface area (Å²) < 4.78 is 8.22. The Labute approximate surface area is 135 Å². The van der Waals surface area contributed by atoms with Crippen LogP contribution in [0, 0.1) is 6.92 Å². The molecule has 1 aromatic carbocycles. The number of rotatable bonds is 5. The van der Waals surface area contributed by atoms with E-state index in [0.717, 1.165) is 11.4 Å². The van der Waals surface area contributed by atoms with Crippen LogP contribution in [0.5, 0.6) is 0 Å². The van der Waals surface area contributed by atoms with Crippen LogP contribution in [0.1, 0.15) is 26.0 Å². The van der Waals surface area contributed by atoms with Gasteiger partial charge in [-0.1, -0.05) is 18.2 Å². The first kappa shape index (κ1) is 16.7. The number of para-hydroxylation sites is 1. The van der Waals surface area contributed by atoms with Crippen LogP contribution in [0.25, 0.3) is 5.69 Å². The Morgan fingerprint density at radius 3 is 2.52 bits per heavy atom. The maximum Gasteiger partial charge on any atom is 0.311 e. The Hall–Kier alpha value is -2.63. The van der Waals surface area contributed by atoms with E-state index in [2.05, 4.69) is 4.99 Å². The highest BCUT2D eigenvalue weighted by Gasteiger charge is 2.16. The molecular formula is C17H21N3O3. The van der Waals surface area contributed by atoms with Crippen molar-refractivity contribution in [2.24, 2.45) is 12.0 Å². The Balaban J connectivity index is 2.42. The fourth-order valence-corrected chi connectivity index (χ4v) is 2.33.